The van der Waals surface area contributed by atoms with E-state index in [0.29, 0.717) is 19.8 Å². The Morgan fingerprint density at radius 3 is 2.54 bits per heavy atom. The van der Waals surface area contributed by atoms with E-state index in [1.54, 1.807) is 14.2 Å². The molecule has 7 heteroatoms. The Kier molecular flexibility index (Phi) is 14.4. The number of para-hydroxylation sites is 1. The molecule has 1 aromatic rings. The third-order valence-corrected chi connectivity index (χ3v) is 4.00. The van der Waals surface area contributed by atoms with Gasteiger partial charge in [0.2, 0.25) is 0 Å². The van der Waals surface area contributed by atoms with Crippen molar-refractivity contribution in [1.29, 1.82) is 0 Å². The molecular formula is C19H35IN4O2. The minimum Gasteiger partial charge on any atom is -0.492 e. The highest BCUT2D eigenvalue weighted by molar-refractivity contribution is 14.0. The van der Waals surface area contributed by atoms with Crippen molar-refractivity contribution in [3.63, 3.8) is 0 Å². The van der Waals surface area contributed by atoms with E-state index in [-0.39, 0.29) is 30.0 Å². The summed E-state index contributed by atoms with van der Waals surface area (Å²) in [6, 6.07) is 8.31. The average Bonchev–Trinajstić information content (AvgIpc) is 2.63. The zero-order chi connectivity index (χ0) is 18.5. The van der Waals surface area contributed by atoms with Crippen LogP contribution in [0.3, 0.4) is 0 Å². The highest BCUT2D eigenvalue weighted by atomic mass is 127. The number of ether oxygens (including phenoxy) is 2. The number of nitrogens with zero attached hydrogens (tertiary/aromatic N) is 2. The second kappa shape index (κ2) is 15.0. The molecule has 0 aromatic heterocycles. The molecule has 1 unspecified atom stereocenters. The van der Waals surface area contributed by atoms with Crippen molar-refractivity contribution < 1.29 is 9.47 Å². The van der Waals surface area contributed by atoms with E-state index in [1.165, 1.54) is 0 Å². The fraction of sp³-hybridized carbons (Fsp3) is 0.632. The summed E-state index contributed by atoms with van der Waals surface area (Å²) in [5.41, 5.74) is 1.12. The number of hydrogen-bond donors (Lipinski definition) is 2. The van der Waals surface area contributed by atoms with Crippen molar-refractivity contribution in [3.8, 4) is 5.75 Å². The molecular weight excluding hydrogens is 443 g/mol. The highest BCUT2D eigenvalue weighted by Crippen LogP contribution is 2.17. The minimum absolute atomic E-state index is 0. The number of guanidine groups is 1. The molecule has 0 spiro atoms. The van der Waals surface area contributed by atoms with Gasteiger partial charge in [0.05, 0.1) is 6.61 Å². The van der Waals surface area contributed by atoms with Crippen LogP contribution in [0.5, 0.6) is 5.75 Å². The van der Waals surface area contributed by atoms with Crippen molar-refractivity contribution in [2.24, 2.45) is 4.99 Å². The van der Waals surface area contributed by atoms with Gasteiger partial charge in [0.25, 0.3) is 0 Å². The molecule has 0 saturated carbocycles. The van der Waals surface area contributed by atoms with Gasteiger partial charge in [-0.25, -0.2) is 0 Å². The minimum atomic E-state index is 0. The first-order chi connectivity index (χ1) is 12.1. The summed E-state index contributed by atoms with van der Waals surface area (Å²) in [7, 11) is 3.46. The molecule has 0 saturated heterocycles. The predicted molar refractivity (Wildman–Crippen MR) is 120 cm³/mol. The number of aliphatic imine (C=N–C) groups is 1. The Labute approximate surface area is 175 Å². The van der Waals surface area contributed by atoms with Crippen LogP contribution in [0.1, 0.15) is 26.3 Å². The zero-order valence-electron chi connectivity index (χ0n) is 16.7. The topological polar surface area (TPSA) is 58.1 Å². The molecule has 1 aromatic carbocycles. The second-order valence-electron chi connectivity index (χ2n) is 5.91. The first kappa shape index (κ1) is 24.9. The third kappa shape index (κ3) is 9.59. The van der Waals surface area contributed by atoms with Gasteiger partial charge in [-0.3, -0.25) is 4.99 Å². The Hall–Kier alpha value is -1.06. The predicted octanol–water partition coefficient (Wildman–Crippen LogP) is 2.73. The normalized spacial score (nSPS) is 12.5. The Morgan fingerprint density at radius 1 is 1.23 bits per heavy atom. The summed E-state index contributed by atoms with van der Waals surface area (Å²) in [6.45, 7) is 11.4. The maximum absolute atomic E-state index is 5.99. The summed E-state index contributed by atoms with van der Waals surface area (Å²) < 4.78 is 11.1. The third-order valence-electron chi connectivity index (χ3n) is 4.00. The first-order valence-corrected chi connectivity index (χ1v) is 9.03. The lowest BCUT2D eigenvalue weighted by atomic mass is 10.2. The van der Waals surface area contributed by atoms with Crippen molar-refractivity contribution in [2.75, 3.05) is 47.0 Å². The summed E-state index contributed by atoms with van der Waals surface area (Å²) in [6.07, 6.45) is 0. The molecule has 0 fully saturated rings. The van der Waals surface area contributed by atoms with E-state index < -0.39 is 0 Å². The van der Waals surface area contributed by atoms with Crippen LogP contribution < -0.4 is 15.4 Å². The van der Waals surface area contributed by atoms with Crippen LogP contribution in [0.2, 0.25) is 0 Å². The molecule has 26 heavy (non-hydrogen) atoms. The number of rotatable bonds is 11. The lowest BCUT2D eigenvalue weighted by Crippen LogP contribution is -2.43. The van der Waals surface area contributed by atoms with Crippen LogP contribution in [0.4, 0.5) is 0 Å². The molecule has 0 aliphatic carbocycles. The molecule has 150 valence electrons. The average molecular weight is 478 g/mol. The van der Waals surface area contributed by atoms with Crippen LogP contribution in [0, 0.1) is 0 Å². The lowest BCUT2D eigenvalue weighted by Gasteiger charge is -2.20. The number of likely N-dealkylation sites (N-methyl/N-ethyl adjacent to an activating group) is 1. The van der Waals surface area contributed by atoms with Gasteiger partial charge in [-0.2, -0.15) is 0 Å². The highest BCUT2D eigenvalue weighted by Gasteiger charge is 2.08. The molecule has 2 N–H and O–H groups in total. The molecule has 0 heterocycles. The molecule has 0 aliphatic heterocycles. The SMILES string of the molecule is CCN(CC)CCOc1ccccc1CNC(=NC)NC(C)COC.I. The fourth-order valence-electron chi connectivity index (χ4n) is 2.51. The second-order valence-corrected chi connectivity index (χ2v) is 5.91. The Morgan fingerprint density at radius 2 is 1.92 bits per heavy atom. The van der Waals surface area contributed by atoms with Crippen molar-refractivity contribution in [1.82, 2.24) is 15.5 Å². The van der Waals surface area contributed by atoms with Crippen molar-refractivity contribution >= 4 is 29.9 Å². The van der Waals surface area contributed by atoms with E-state index in [2.05, 4.69) is 47.4 Å². The number of halogens is 1. The van der Waals surface area contributed by atoms with E-state index in [9.17, 15) is 0 Å². The maximum atomic E-state index is 5.99. The smallest absolute Gasteiger partial charge is 0.191 e. The van der Waals surface area contributed by atoms with Gasteiger partial charge in [0, 0.05) is 38.9 Å². The van der Waals surface area contributed by atoms with Crippen LogP contribution in [0.25, 0.3) is 0 Å². The number of benzene rings is 1. The van der Waals surface area contributed by atoms with Crippen LogP contribution in [-0.4, -0.2) is 63.9 Å². The van der Waals surface area contributed by atoms with Crippen molar-refractivity contribution in [3.05, 3.63) is 29.8 Å². The summed E-state index contributed by atoms with van der Waals surface area (Å²) in [5, 5.41) is 6.63. The molecule has 0 bridgehead atoms. The van der Waals surface area contributed by atoms with E-state index in [4.69, 9.17) is 9.47 Å². The molecule has 6 nitrogen and oxygen atoms in total. The van der Waals surface area contributed by atoms with Crippen LogP contribution in [-0.2, 0) is 11.3 Å². The molecule has 1 rings (SSSR count). The van der Waals surface area contributed by atoms with Gasteiger partial charge in [-0.05, 0) is 26.1 Å². The maximum Gasteiger partial charge on any atom is 0.191 e. The zero-order valence-corrected chi connectivity index (χ0v) is 19.1. The number of nitrogens with one attached hydrogen (secondary N) is 2. The largest absolute Gasteiger partial charge is 0.492 e. The van der Waals surface area contributed by atoms with Crippen molar-refractivity contribution in [2.45, 2.75) is 33.4 Å². The Balaban J connectivity index is 0.00000625. The van der Waals surface area contributed by atoms with Crippen LogP contribution >= 0.6 is 24.0 Å². The van der Waals surface area contributed by atoms with Gasteiger partial charge in [0.1, 0.15) is 12.4 Å². The standard InChI is InChI=1S/C19H34N4O2.HI/c1-6-23(7-2)12-13-25-18-11-9-8-10-17(18)14-21-19(20-4)22-16(3)15-24-5;/h8-11,16H,6-7,12-15H2,1-5H3,(H2,20,21,22);1H. The monoisotopic (exact) mass is 478 g/mol. The Bertz CT molecular complexity index is 510. The molecule has 0 aliphatic rings. The van der Waals surface area contributed by atoms with E-state index in [1.807, 2.05) is 18.2 Å². The van der Waals surface area contributed by atoms with Gasteiger partial charge < -0.3 is 25.0 Å². The van der Waals surface area contributed by atoms with Gasteiger partial charge in [-0.15, -0.1) is 24.0 Å². The molecule has 0 amide bonds. The summed E-state index contributed by atoms with van der Waals surface area (Å²) in [5.74, 6) is 1.67. The van der Waals surface area contributed by atoms with Gasteiger partial charge in [-0.1, -0.05) is 32.0 Å². The van der Waals surface area contributed by atoms with Gasteiger partial charge in [0.15, 0.2) is 5.96 Å². The lowest BCUT2D eigenvalue weighted by molar-refractivity contribution is 0.179. The van der Waals surface area contributed by atoms with Gasteiger partial charge >= 0.3 is 0 Å². The van der Waals surface area contributed by atoms with Crippen LogP contribution in [0.15, 0.2) is 29.3 Å². The summed E-state index contributed by atoms with van der Waals surface area (Å²) in [4.78, 5) is 6.60. The quantitative estimate of drug-likeness (QED) is 0.291. The summed E-state index contributed by atoms with van der Waals surface area (Å²) >= 11 is 0. The fourth-order valence-corrected chi connectivity index (χ4v) is 2.51. The first-order valence-electron chi connectivity index (χ1n) is 9.03. The number of methoxy groups -OCH3 is 1. The molecule has 0 radical (unpaired) electrons. The molecule has 1 atom stereocenters. The number of hydrogen-bond acceptors (Lipinski definition) is 4. The van der Waals surface area contributed by atoms with E-state index in [0.717, 1.165) is 36.9 Å². The van der Waals surface area contributed by atoms with E-state index >= 15 is 0 Å².